The second-order valence-electron chi connectivity index (χ2n) is 9.60. The molecule has 33 heavy (non-hydrogen) atoms. The summed E-state index contributed by atoms with van der Waals surface area (Å²) in [6.07, 6.45) is 4.59. The van der Waals surface area contributed by atoms with Crippen LogP contribution in [0.1, 0.15) is 62.6 Å². The van der Waals surface area contributed by atoms with Crippen molar-refractivity contribution in [2.24, 2.45) is 16.3 Å². The van der Waals surface area contributed by atoms with Crippen LogP contribution in [0.5, 0.6) is 11.5 Å². The molecule has 0 N–H and O–H groups in total. The zero-order valence-electron chi connectivity index (χ0n) is 20.2. The van der Waals surface area contributed by atoms with Crippen molar-refractivity contribution in [2.75, 3.05) is 13.7 Å². The van der Waals surface area contributed by atoms with Gasteiger partial charge in [-0.1, -0.05) is 20.8 Å². The molecule has 176 valence electrons. The summed E-state index contributed by atoms with van der Waals surface area (Å²) in [6, 6.07) is 7.74. The fraction of sp³-hybridized carbons (Fsp3) is 0.500. The van der Waals surface area contributed by atoms with Gasteiger partial charge in [0.25, 0.3) is 0 Å². The molecule has 0 spiro atoms. The van der Waals surface area contributed by atoms with Gasteiger partial charge in [-0.2, -0.15) is 5.26 Å². The zero-order chi connectivity index (χ0) is 24.2. The molecule has 7 heteroatoms. The first-order valence-electron chi connectivity index (χ1n) is 11.2. The van der Waals surface area contributed by atoms with Gasteiger partial charge in [0, 0.05) is 11.1 Å². The number of ether oxygens (including phenoxy) is 3. The molecule has 1 aromatic carbocycles. The van der Waals surface area contributed by atoms with E-state index in [0.29, 0.717) is 23.0 Å². The van der Waals surface area contributed by atoms with E-state index in [2.05, 4.69) is 31.8 Å². The first-order chi connectivity index (χ1) is 15.6. The average molecular weight is 469 g/mol. The fourth-order valence-electron chi connectivity index (χ4n) is 3.97. The van der Waals surface area contributed by atoms with E-state index in [9.17, 15) is 10.1 Å². The van der Waals surface area contributed by atoms with Gasteiger partial charge in [0.15, 0.2) is 18.1 Å². The Kier molecular flexibility index (Phi) is 7.80. The van der Waals surface area contributed by atoms with Gasteiger partial charge in [-0.15, -0.1) is 11.3 Å². The number of carbonyl (C=O) groups excluding carboxylic acids is 1. The van der Waals surface area contributed by atoms with Crippen molar-refractivity contribution in [2.45, 2.75) is 60.0 Å². The average Bonchev–Trinajstić information content (AvgIpc) is 3.12. The third-order valence-electron chi connectivity index (χ3n) is 5.81. The molecule has 0 fully saturated rings. The topological polar surface area (TPSA) is 80.9 Å². The minimum absolute atomic E-state index is 0.191. The van der Waals surface area contributed by atoms with Crippen molar-refractivity contribution in [1.82, 2.24) is 0 Å². The highest BCUT2D eigenvalue weighted by atomic mass is 32.1. The molecule has 3 rings (SSSR count). The Labute approximate surface area is 200 Å². The van der Waals surface area contributed by atoms with Crippen LogP contribution < -0.4 is 9.47 Å². The number of benzene rings is 1. The van der Waals surface area contributed by atoms with Crippen molar-refractivity contribution >= 4 is 28.5 Å². The summed E-state index contributed by atoms with van der Waals surface area (Å²) in [7, 11) is 1.54. The number of esters is 1. The maximum Gasteiger partial charge on any atom is 0.344 e. The van der Waals surface area contributed by atoms with E-state index in [0.717, 1.165) is 29.8 Å². The summed E-state index contributed by atoms with van der Waals surface area (Å²) in [5.41, 5.74) is 2.94. The van der Waals surface area contributed by atoms with Gasteiger partial charge in [-0.3, -0.25) is 0 Å². The van der Waals surface area contributed by atoms with Crippen LogP contribution in [0.3, 0.4) is 0 Å². The molecule has 0 saturated carbocycles. The standard InChI is InChI=1S/C26H32N2O4S/c1-16(2)32-24(29)15-31-21-10-7-17(11-22(21)30-6)14-28-25-20(13-27)19-9-8-18(26(3,4)5)12-23(19)33-25/h7,10-11,14,16,18H,8-9,12,15H2,1-6H3/t18-/m0/s1. The van der Waals surface area contributed by atoms with Crippen LogP contribution >= 0.6 is 11.3 Å². The summed E-state index contributed by atoms with van der Waals surface area (Å²) in [5.74, 6) is 1.13. The lowest BCUT2D eigenvalue weighted by atomic mass is 9.72. The molecule has 1 aromatic heterocycles. The van der Waals surface area contributed by atoms with Crippen molar-refractivity contribution in [3.05, 3.63) is 39.8 Å². The quantitative estimate of drug-likeness (QED) is 0.375. The molecule has 0 saturated heterocycles. The lowest BCUT2D eigenvalue weighted by Gasteiger charge is -2.33. The fourth-order valence-corrected chi connectivity index (χ4v) is 5.19. The van der Waals surface area contributed by atoms with E-state index in [1.165, 1.54) is 10.4 Å². The molecule has 1 heterocycles. The summed E-state index contributed by atoms with van der Waals surface area (Å²) in [5, 5.41) is 10.5. The first kappa shape index (κ1) is 24.8. The van der Waals surface area contributed by atoms with Crippen LogP contribution in [-0.2, 0) is 22.4 Å². The van der Waals surface area contributed by atoms with Gasteiger partial charge in [0.05, 0.1) is 18.8 Å². The van der Waals surface area contributed by atoms with Crippen LogP contribution in [0.4, 0.5) is 5.00 Å². The predicted octanol–water partition coefficient (Wildman–Crippen LogP) is 5.86. The molecule has 0 aliphatic heterocycles. The van der Waals surface area contributed by atoms with Crippen LogP contribution in [0, 0.1) is 22.7 Å². The Morgan fingerprint density at radius 3 is 2.73 bits per heavy atom. The molecule has 2 aromatic rings. The van der Waals surface area contributed by atoms with E-state index in [1.54, 1.807) is 50.6 Å². The molecular weight excluding hydrogens is 436 g/mol. The molecule has 1 atom stereocenters. The van der Waals surface area contributed by atoms with Gasteiger partial charge in [0.2, 0.25) is 0 Å². The van der Waals surface area contributed by atoms with E-state index in [1.807, 2.05) is 6.07 Å². The van der Waals surface area contributed by atoms with Crippen LogP contribution in [0.25, 0.3) is 0 Å². The minimum atomic E-state index is -0.433. The predicted molar refractivity (Wildman–Crippen MR) is 131 cm³/mol. The Morgan fingerprint density at radius 2 is 2.09 bits per heavy atom. The smallest absolute Gasteiger partial charge is 0.344 e. The monoisotopic (exact) mass is 468 g/mol. The SMILES string of the molecule is COc1cc(C=Nc2sc3c(c2C#N)CC[C@H](C(C)(C)C)C3)ccc1OCC(=O)OC(C)C. The van der Waals surface area contributed by atoms with Crippen LogP contribution in [-0.4, -0.2) is 32.0 Å². The molecule has 0 bridgehead atoms. The highest BCUT2D eigenvalue weighted by Gasteiger charge is 2.32. The number of rotatable bonds is 7. The van der Waals surface area contributed by atoms with Gasteiger partial charge >= 0.3 is 5.97 Å². The normalized spacial score (nSPS) is 15.9. The number of thiophene rings is 1. The molecule has 1 aliphatic rings. The zero-order valence-corrected chi connectivity index (χ0v) is 21.0. The van der Waals surface area contributed by atoms with E-state index in [4.69, 9.17) is 14.2 Å². The number of aliphatic imine (C=N–C) groups is 1. The maximum absolute atomic E-state index is 11.7. The van der Waals surface area contributed by atoms with Crippen molar-refractivity contribution in [3.8, 4) is 17.6 Å². The lowest BCUT2D eigenvalue weighted by molar-refractivity contribution is -0.149. The third-order valence-corrected chi connectivity index (χ3v) is 6.98. The molecule has 0 unspecified atom stereocenters. The van der Waals surface area contributed by atoms with E-state index < -0.39 is 5.97 Å². The van der Waals surface area contributed by atoms with Crippen LogP contribution in [0.15, 0.2) is 23.2 Å². The number of methoxy groups -OCH3 is 1. The number of hydrogen-bond donors (Lipinski definition) is 0. The second kappa shape index (κ2) is 10.4. The van der Waals surface area contributed by atoms with Gasteiger partial charge < -0.3 is 14.2 Å². The molecule has 0 radical (unpaired) electrons. The number of hydrogen-bond acceptors (Lipinski definition) is 7. The number of nitriles is 1. The Balaban J connectivity index is 1.77. The van der Waals surface area contributed by atoms with Crippen molar-refractivity contribution in [3.63, 3.8) is 0 Å². The Hall–Kier alpha value is -2.85. The molecule has 0 amide bonds. The minimum Gasteiger partial charge on any atom is -0.493 e. The van der Waals surface area contributed by atoms with Crippen molar-refractivity contribution in [1.29, 1.82) is 5.26 Å². The highest BCUT2D eigenvalue weighted by molar-refractivity contribution is 7.16. The Morgan fingerprint density at radius 1 is 1.33 bits per heavy atom. The third kappa shape index (κ3) is 6.14. The van der Waals surface area contributed by atoms with Crippen LogP contribution in [0.2, 0.25) is 0 Å². The number of carbonyl (C=O) groups is 1. The van der Waals surface area contributed by atoms with Gasteiger partial charge in [-0.25, -0.2) is 9.79 Å². The summed E-state index contributed by atoms with van der Waals surface area (Å²) < 4.78 is 16.1. The molecule has 6 nitrogen and oxygen atoms in total. The van der Waals surface area contributed by atoms with Gasteiger partial charge in [-0.05, 0) is 73.8 Å². The summed E-state index contributed by atoms with van der Waals surface area (Å²) in [6.45, 7) is 10.2. The molecule has 1 aliphatic carbocycles. The summed E-state index contributed by atoms with van der Waals surface area (Å²) >= 11 is 1.63. The second-order valence-corrected chi connectivity index (χ2v) is 10.7. The molecular formula is C26H32N2O4S. The lowest BCUT2D eigenvalue weighted by Crippen LogP contribution is -2.26. The first-order valence-corrected chi connectivity index (χ1v) is 12.0. The summed E-state index contributed by atoms with van der Waals surface area (Å²) in [4.78, 5) is 17.7. The van der Waals surface area contributed by atoms with E-state index >= 15 is 0 Å². The Bertz CT molecular complexity index is 1070. The van der Waals surface area contributed by atoms with Gasteiger partial charge in [0.1, 0.15) is 11.1 Å². The number of nitrogens with zero attached hydrogens (tertiary/aromatic N) is 2. The largest absolute Gasteiger partial charge is 0.493 e. The highest BCUT2D eigenvalue weighted by Crippen LogP contribution is 2.44. The number of fused-ring (bicyclic) bond motifs is 1. The van der Waals surface area contributed by atoms with E-state index in [-0.39, 0.29) is 18.1 Å². The maximum atomic E-state index is 11.7. The van der Waals surface area contributed by atoms with Crippen molar-refractivity contribution < 1.29 is 19.0 Å².